The van der Waals surface area contributed by atoms with Crippen molar-refractivity contribution in [3.05, 3.63) is 71.7 Å². The standard InChI is InChI=1S/C23H23FN2O5S/c1-31-23(28)20-14-26(21-5-3-2-4-19(20)21)22(27)17-10-12-25(13-11-17)32(29,30)15-16-6-8-18(24)9-7-16/h2-9,14,17H,10-13,15H2,1H3. The molecule has 0 radical (unpaired) electrons. The van der Waals surface area contributed by atoms with Crippen LogP contribution in [0.3, 0.4) is 0 Å². The van der Waals surface area contributed by atoms with E-state index in [1.165, 1.54) is 46.4 Å². The summed E-state index contributed by atoms with van der Waals surface area (Å²) in [6.45, 7) is 0.450. The van der Waals surface area contributed by atoms with Crippen molar-refractivity contribution in [1.82, 2.24) is 8.87 Å². The highest BCUT2D eigenvalue weighted by atomic mass is 32.2. The molecule has 0 unspecified atom stereocenters. The number of sulfonamides is 1. The van der Waals surface area contributed by atoms with E-state index in [4.69, 9.17) is 4.74 Å². The van der Waals surface area contributed by atoms with Gasteiger partial charge in [0.15, 0.2) is 0 Å². The maximum absolute atomic E-state index is 13.2. The second-order valence-electron chi connectivity index (χ2n) is 7.82. The molecule has 0 atom stereocenters. The Balaban J connectivity index is 1.48. The van der Waals surface area contributed by atoms with Gasteiger partial charge in [0.05, 0.1) is 23.9 Å². The van der Waals surface area contributed by atoms with Crippen LogP contribution < -0.4 is 0 Å². The van der Waals surface area contributed by atoms with Gasteiger partial charge >= 0.3 is 5.97 Å². The van der Waals surface area contributed by atoms with Crippen LogP contribution in [-0.2, 0) is 20.5 Å². The van der Waals surface area contributed by atoms with Crippen LogP contribution in [-0.4, -0.2) is 49.4 Å². The van der Waals surface area contributed by atoms with Gasteiger partial charge in [-0.25, -0.2) is 21.9 Å². The van der Waals surface area contributed by atoms with Gasteiger partial charge in [-0.1, -0.05) is 30.3 Å². The molecule has 3 aromatic rings. The fourth-order valence-corrected chi connectivity index (χ4v) is 5.66. The topological polar surface area (TPSA) is 85.7 Å². The molecule has 0 N–H and O–H groups in total. The maximum atomic E-state index is 13.2. The van der Waals surface area contributed by atoms with E-state index in [1.807, 2.05) is 0 Å². The Bertz CT molecular complexity index is 1260. The molecule has 32 heavy (non-hydrogen) atoms. The number of esters is 1. The van der Waals surface area contributed by atoms with E-state index in [0.717, 1.165) is 0 Å². The smallest absolute Gasteiger partial charge is 0.340 e. The zero-order chi connectivity index (χ0) is 22.9. The lowest BCUT2D eigenvalue weighted by molar-refractivity contribution is 0.0603. The van der Waals surface area contributed by atoms with Crippen molar-refractivity contribution in [2.24, 2.45) is 5.92 Å². The first-order chi connectivity index (χ1) is 15.3. The summed E-state index contributed by atoms with van der Waals surface area (Å²) in [5.74, 6) is -1.69. The van der Waals surface area contributed by atoms with Gasteiger partial charge in [0.1, 0.15) is 5.82 Å². The van der Waals surface area contributed by atoms with Gasteiger partial charge in [-0.2, -0.15) is 0 Å². The molecule has 4 rings (SSSR count). The number of hydrogen-bond acceptors (Lipinski definition) is 5. The zero-order valence-electron chi connectivity index (χ0n) is 17.5. The number of benzene rings is 2. The maximum Gasteiger partial charge on any atom is 0.340 e. The number of carbonyl (C=O) groups excluding carboxylic acids is 2. The number of methoxy groups -OCH3 is 1. The largest absolute Gasteiger partial charge is 0.465 e. The number of ether oxygens (including phenoxy) is 1. The van der Waals surface area contributed by atoms with Crippen molar-refractivity contribution < 1.29 is 27.1 Å². The number of aromatic nitrogens is 1. The third-order valence-electron chi connectivity index (χ3n) is 5.81. The van der Waals surface area contributed by atoms with E-state index >= 15 is 0 Å². The lowest BCUT2D eigenvalue weighted by atomic mass is 9.97. The zero-order valence-corrected chi connectivity index (χ0v) is 18.3. The molecule has 2 aromatic carbocycles. The third-order valence-corrected chi connectivity index (χ3v) is 7.66. The van der Waals surface area contributed by atoms with Gasteiger partial charge in [-0.3, -0.25) is 9.36 Å². The van der Waals surface area contributed by atoms with Crippen molar-refractivity contribution in [3.63, 3.8) is 0 Å². The Labute approximate surface area is 185 Å². The van der Waals surface area contributed by atoms with Crippen LogP contribution in [0.5, 0.6) is 0 Å². The SMILES string of the molecule is COC(=O)c1cn(C(=O)C2CCN(S(=O)(=O)Cc3ccc(F)cc3)CC2)c2ccccc12. The molecule has 0 aliphatic carbocycles. The molecular weight excluding hydrogens is 435 g/mol. The number of para-hydroxylation sites is 1. The fourth-order valence-electron chi connectivity index (χ4n) is 4.09. The molecule has 1 aliphatic heterocycles. The number of piperidine rings is 1. The van der Waals surface area contributed by atoms with Crippen molar-refractivity contribution in [2.75, 3.05) is 20.2 Å². The molecule has 168 valence electrons. The average molecular weight is 459 g/mol. The Kier molecular flexibility index (Phi) is 6.12. The van der Waals surface area contributed by atoms with Crippen LogP contribution >= 0.6 is 0 Å². The molecule has 1 fully saturated rings. The predicted molar refractivity (Wildman–Crippen MR) is 117 cm³/mol. The quantitative estimate of drug-likeness (QED) is 0.547. The minimum atomic E-state index is -3.58. The van der Waals surface area contributed by atoms with Crippen molar-refractivity contribution in [3.8, 4) is 0 Å². The second kappa shape index (κ2) is 8.84. The Morgan fingerprint density at radius 2 is 1.72 bits per heavy atom. The minimum absolute atomic E-state index is 0.174. The van der Waals surface area contributed by atoms with Crippen molar-refractivity contribution >= 4 is 32.8 Å². The molecule has 0 bridgehead atoms. The van der Waals surface area contributed by atoms with E-state index in [0.29, 0.717) is 34.9 Å². The minimum Gasteiger partial charge on any atom is -0.465 e. The lowest BCUT2D eigenvalue weighted by Crippen LogP contribution is -2.41. The molecule has 1 aromatic heterocycles. The normalized spacial score (nSPS) is 15.7. The number of hydrogen-bond donors (Lipinski definition) is 0. The summed E-state index contributed by atoms with van der Waals surface area (Å²) in [6.07, 6.45) is 2.25. The van der Waals surface area contributed by atoms with Crippen LogP contribution in [0.2, 0.25) is 0 Å². The molecule has 1 saturated heterocycles. The molecule has 0 spiro atoms. The summed E-state index contributed by atoms with van der Waals surface area (Å²) >= 11 is 0. The van der Waals surface area contributed by atoms with Crippen LogP contribution in [0.1, 0.15) is 33.6 Å². The predicted octanol–water partition coefficient (Wildman–Crippen LogP) is 3.45. The fraction of sp³-hybridized carbons (Fsp3) is 0.304. The molecule has 0 saturated carbocycles. The second-order valence-corrected chi connectivity index (χ2v) is 9.78. The van der Waals surface area contributed by atoms with Gasteiger partial charge < -0.3 is 4.74 Å². The summed E-state index contributed by atoms with van der Waals surface area (Å²) in [5, 5.41) is 0.631. The lowest BCUT2D eigenvalue weighted by Gasteiger charge is -2.30. The Morgan fingerprint density at radius 3 is 2.38 bits per heavy atom. The Morgan fingerprint density at radius 1 is 1.06 bits per heavy atom. The van der Waals surface area contributed by atoms with Gasteiger partial charge in [-0.05, 0) is 36.6 Å². The average Bonchev–Trinajstić information content (AvgIpc) is 3.19. The summed E-state index contributed by atoms with van der Waals surface area (Å²) in [5.41, 5.74) is 1.44. The van der Waals surface area contributed by atoms with Crippen LogP contribution in [0.15, 0.2) is 54.7 Å². The monoisotopic (exact) mass is 458 g/mol. The van der Waals surface area contributed by atoms with Gasteiger partial charge in [0.2, 0.25) is 15.9 Å². The highest BCUT2D eigenvalue weighted by Crippen LogP contribution is 2.27. The van der Waals surface area contributed by atoms with Crippen LogP contribution in [0.25, 0.3) is 10.9 Å². The molecule has 1 aliphatic rings. The van der Waals surface area contributed by atoms with Gasteiger partial charge in [0.25, 0.3) is 0 Å². The molecular formula is C23H23FN2O5S. The number of carbonyl (C=O) groups is 2. The van der Waals surface area contributed by atoms with Gasteiger partial charge in [-0.15, -0.1) is 0 Å². The highest BCUT2D eigenvalue weighted by molar-refractivity contribution is 7.88. The van der Waals surface area contributed by atoms with Crippen molar-refractivity contribution in [2.45, 2.75) is 18.6 Å². The van der Waals surface area contributed by atoms with E-state index in [1.54, 1.807) is 24.3 Å². The third kappa shape index (κ3) is 4.31. The summed E-state index contributed by atoms with van der Waals surface area (Å²) in [6, 6.07) is 12.5. The molecule has 7 nitrogen and oxygen atoms in total. The first kappa shape index (κ1) is 22.2. The summed E-state index contributed by atoms with van der Waals surface area (Å²) < 4.78 is 46.3. The highest BCUT2D eigenvalue weighted by Gasteiger charge is 2.32. The Hall–Kier alpha value is -3.04. The number of halogens is 1. The van der Waals surface area contributed by atoms with E-state index in [-0.39, 0.29) is 30.7 Å². The summed E-state index contributed by atoms with van der Waals surface area (Å²) in [4.78, 5) is 25.3. The molecule has 2 heterocycles. The summed E-state index contributed by atoms with van der Waals surface area (Å²) in [7, 11) is -2.29. The number of fused-ring (bicyclic) bond motifs is 1. The molecule has 0 amide bonds. The first-order valence-electron chi connectivity index (χ1n) is 10.2. The number of rotatable bonds is 5. The van der Waals surface area contributed by atoms with Crippen LogP contribution in [0.4, 0.5) is 4.39 Å². The van der Waals surface area contributed by atoms with Crippen LogP contribution in [0, 0.1) is 11.7 Å². The molecule has 9 heteroatoms. The van der Waals surface area contributed by atoms with E-state index in [9.17, 15) is 22.4 Å². The number of nitrogens with zero attached hydrogens (tertiary/aromatic N) is 2. The van der Waals surface area contributed by atoms with Crippen molar-refractivity contribution in [1.29, 1.82) is 0 Å². The van der Waals surface area contributed by atoms with E-state index in [2.05, 4.69) is 0 Å². The first-order valence-corrected chi connectivity index (χ1v) is 11.9. The van der Waals surface area contributed by atoms with E-state index < -0.39 is 21.8 Å². The van der Waals surface area contributed by atoms with Gasteiger partial charge in [0, 0.05) is 30.6 Å².